The molecular formula is C26H25F3N4O3S. The van der Waals surface area contributed by atoms with Crippen molar-refractivity contribution in [2.75, 3.05) is 36.0 Å². The molecule has 5 rings (SSSR count). The van der Waals surface area contributed by atoms with Gasteiger partial charge >= 0.3 is 12.1 Å². The van der Waals surface area contributed by atoms with Crippen LogP contribution in [0.25, 0.3) is 23.4 Å². The lowest BCUT2D eigenvalue weighted by Gasteiger charge is -2.28. The van der Waals surface area contributed by atoms with Gasteiger partial charge < -0.3 is 20.3 Å². The number of aromatic nitrogens is 2. The van der Waals surface area contributed by atoms with E-state index in [1.807, 2.05) is 42.2 Å². The van der Waals surface area contributed by atoms with Crippen molar-refractivity contribution in [1.82, 2.24) is 15.3 Å². The highest BCUT2D eigenvalue weighted by atomic mass is 32.2. The number of thioether (sulfide) groups is 1. The summed E-state index contributed by atoms with van der Waals surface area (Å²) >= 11 is 2.03. The Bertz CT molecular complexity index is 1280. The van der Waals surface area contributed by atoms with Crippen LogP contribution in [-0.4, -0.2) is 64.3 Å². The van der Waals surface area contributed by atoms with Crippen molar-refractivity contribution in [3.05, 3.63) is 71.2 Å². The first-order chi connectivity index (χ1) is 17.7. The fourth-order valence-electron chi connectivity index (χ4n) is 3.96. The number of anilines is 1. The molecule has 0 saturated carbocycles. The number of benzene rings is 1. The normalized spacial score (nSPS) is 15.5. The molecular weight excluding hydrogens is 505 g/mol. The van der Waals surface area contributed by atoms with Gasteiger partial charge in [0.15, 0.2) is 0 Å². The van der Waals surface area contributed by atoms with Crippen LogP contribution >= 0.6 is 11.8 Å². The maximum Gasteiger partial charge on any atom is 0.490 e. The summed E-state index contributed by atoms with van der Waals surface area (Å²) in [5, 5.41) is 10.0. The first kappa shape index (κ1) is 26.3. The van der Waals surface area contributed by atoms with Crippen LogP contribution in [0.5, 0.6) is 0 Å². The third-order valence-corrected chi connectivity index (χ3v) is 6.80. The molecule has 0 atom stereocenters. The van der Waals surface area contributed by atoms with E-state index in [9.17, 15) is 18.0 Å². The van der Waals surface area contributed by atoms with E-state index in [1.54, 1.807) is 0 Å². The highest BCUT2D eigenvalue weighted by Gasteiger charge is 2.38. The lowest BCUT2D eigenvalue weighted by molar-refractivity contribution is -0.192. The number of amides is 1. The summed E-state index contributed by atoms with van der Waals surface area (Å²) in [6.07, 6.45) is 1.69. The molecule has 1 aromatic carbocycles. The quantitative estimate of drug-likeness (QED) is 0.452. The Morgan fingerprint density at radius 1 is 1.08 bits per heavy atom. The van der Waals surface area contributed by atoms with Gasteiger partial charge in [-0.1, -0.05) is 18.2 Å². The smallest absolute Gasteiger partial charge is 0.475 e. The van der Waals surface area contributed by atoms with E-state index in [1.165, 1.54) is 17.2 Å². The highest BCUT2D eigenvalue weighted by molar-refractivity contribution is 7.99. The monoisotopic (exact) mass is 530 g/mol. The zero-order valence-corrected chi connectivity index (χ0v) is 20.5. The number of hydrogen-bond acceptors (Lipinski definition) is 5. The van der Waals surface area contributed by atoms with E-state index in [2.05, 4.69) is 50.5 Å². The molecule has 0 unspecified atom stereocenters. The SMILES string of the molecule is O=C(O)C(F)(F)F.O=C1NCCc2[nH]c(-c3ccnc(C=Cc4ccc(N5CCSCC5)cc4)c3)cc21. The molecule has 0 spiro atoms. The summed E-state index contributed by atoms with van der Waals surface area (Å²) in [7, 11) is 0. The number of alkyl halides is 3. The van der Waals surface area contributed by atoms with Crippen LogP contribution in [0, 0.1) is 0 Å². The van der Waals surface area contributed by atoms with Crippen molar-refractivity contribution in [2.45, 2.75) is 12.6 Å². The van der Waals surface area contributed by atoms with Crippen LogP contribution in [0.4, 0.5) is 18.9 Å². The van der Waals surface area contributed by atoms with Gasteiger partial charge in [-0.15, -0.1) is 0 Å². The Labute approximate surface area is 215 Å². The highest BCUT2D eigenvalue weighted by Crippen LogP contribution is 2.25. The number of fused-ring (bicyclic) bond motifs is 1. The number of nitrogens with one attached hydrogen (secondary N) is 2. The number of aliphatic carboxylic acids is 1. The first-order valence-corrected chi connectivity index (χ1v) is 12.7. The van der Waals surface area contributed by atoms with Crippen LogP contribution in [0.15, 0.2) is 48.7 Å². The zero-order chi connectivity index (χ0) is 26.4. The van der Waals surface area contributed by atoms with Gasteiger partial charge in [0, 0.05) is 66.4 Å². The second-order valence-corrected chi connectivity index (χ2v) is 9.60. The summed E-state index contributed by atoms with van der Waals surface area (Å²) in [5.74, 6) is -0.344. The third-order valence-electron chi connectivity index (χ3n) is 5.85. The van der Waals surface area contributed by atoms with Gasteiger partial charge in [0.05, 0.1) is 11.3 Å². The molecule has 1 fully saturated rings. The van der Waals surface area contributed by atoms with E-state index >= 15 is 0 Å². The molecule has 2 aliphatic heterocycles. The van der Waals surface area contributed by atoms with Gasteiger partial charge in [-0.05, 0) is 42.0 Å². The molecule has 1 amide bonds. The average molecular weight is 531 g/mol. The summed E-state index contributed by atoms with van der Waals surface area (Å²) in [5.41, 5.74) is 7.09. The summed E-state index contributed by atoms with van der Waals surface area (Å²) in [6, 6.07) is 14.7. The number of nitrogens with zero attached hydrogens (tertiary/aromatic N) is 2. The largest absolute Gasteiger partial charge is 0.490 e. The Hall–Kier alpha value is -3.73. The van der Waals surface area contributed by atoms with Crippen LogP contribution in [0.3, 0.4) is 0 Å². The molecule has 11 heteroatoms. The van der Waals surface area contributed by atoms with E-state index in [0.717, 1.165) is 53.3 Å². The lowest BCUT2D eigenvalue weighted by atomic mass is 10.1. The van der Waals surface area contributed by atoms with Crippen molar-refractivity contribution in [2.24, 2.45) is 0 Å². The number of rotatable bonds is 4. The first-order valence-electron chi connectivity index (χ1n) is 11.6. The number of carbonyl (C=O) groups is 2. The second kappa shape index (κ2) is 11.5. The number of pyridine rings is 1. The molecule has 2 aliphatic rings. The zero-order valence-electron chi connectivity index (χ0n) is 19.7. The van der Waals surface area contributed by atoms with Gasteiger partial charge in [0.2, 0.25) is 0 Å². The van der Waals surface area contributed by atoms with Crippen molar-refractivity contribution in [3.8, 4) is 11.3 Å². The molecule has 194 valence electrons. The van der Waals surface area contributed by atoms with E-state index < -0.39 is 12.1 Å². The number of hydrogen-bond donors (Lipinski definition) is 3. The molecule has 3 aromatic rings. The summed E-state index contributed by atoms with van der Waals surface area (Å²) in [6.45, 7) is 2.94. The van der Waals surface area contributed by atoms with E-state index in [0.29, 0.717) is 6.54 Å². The van der Waals surface area contributed by atoms with Crippen molar-refractivity contribution in [3.63, 3.8) is 0 Å². The van der Waals surface area contributed by atoms with Crippen LogP contribution in [0.1, 0.15) is 27.3 Å². The van der Waals surface area contributed by atoms with Crippen molar-refractivity contribution >= 4 is 41.5 Å². The Morgan fingerprint density at radius 2 is 1.78 bits per heavy atom. The number of carboxylic acid groups (broad SMARTS) is 1. The van der Waals surface area contributed by atoms with Gasteiger partial charge in [-0.25, -0.2) is 4.79 Å². The molecule has 2 aromatic heterocycles. The van der Waals surface area contributed by atoms with Gasteiger partial charge in [0.1, 0.15) is 0 Å². The Balaban J connectivity index is 0.000000405. The fourth-order valence-corrected chi connectivity index (χ4v) is 4.86. The molecule has 7 nitrogen and oxygen atoms in total. The van der Waals surface area contributed by atoms with Gasteiger partial charge in [-0.2, -0.15) is 24.9 Å². The van der Waals surface area contributed by atoms with Crippen LogP contribution in [0.2, 0.25) is 0 Å². The fraction of sp³-hybridized carbons (Fsp3) is 0.269. The maximum absolute atomic E-state index is 12.0. The molecule has 3 N–H and O–H groups in total. The predicted molar refractivity (Wildman–Crippen MR) is 139 cm³/mol. The molecule has 0 bridgehead atoms. The topological polar surface area (TPSA) is 98.3 Å². The Morgan fingerprint density at radius 3 is 2.43 bits per heavy atom. The third kappa shape index (κ3) is 6.94. The number of carbonyl (C=O) groups excluding carboxylic acids is 1. The number of aromatic amines is 1. The number of halogens is 3. The lowest BCUT2D eigenvalue weighted by Crippen LogP contribution is -2.32. The number of H-pyrrole nitrogens is 1. The van der Waals surface area contributed by atoms with Crippen molar-refractivity contribution < 1.29 is 27.9 Å². The number of carboxylic acids is 1. The van der Waals surface area contributed by atoms with E-state index in [4.69, 9.17) is 9.90 Å². The Kier molecular flexibility index (Phi) is 8.22. The minimum absolute atomic E-state index is 0.000296. The molecule has 0 radical (unpaired) electrons. The summed E-state index contributed by atoms with van der Waals surface area (Å²) < 4.78 is 31.7. The van der Waals surface area contributed by atoms with Crippen molar-refractivity contribution in [1.29, 1.82) is 0 Å². The van der Waals surface area contributed by atoms with E-state index in [-0.39, 0.29) is 5.91 Å². The predicted octanol–water partition coefficient (Wildman–Crippen LogP) is 4.72. The maximum atomic E-state index is 12.0. The summed E-state index contributed by atoms with van der Waals surface area (Å²) in [4.78, 5) is 31.2. The molecule has 1 saturated heterocycles. The standard InChI is InChI=1S/C24H24N4OS.C2HF3O2/c29-24-21-16-23(27-22(21)8-10-26-24)18-7-9-25-19(15-18)4-1-17-2-5-20(6-3-17)28-11-13-30-14-12-28;3-2(4,5)1(6)7/h1-7,9,15-16,27H,8,10-14H2,(H,26,29);(H,6,7). The van der Waals surface area contributed by atoms with Crippen LogP contribution < -0.4 is 10.2 Å². The molecule has 37 heavy (non-hydrogen) atoms. The minimum Gasteiger partial charge on any atom is -0.475 e. The second-order valence-electron chi connectivity index (χ2n) is 8.38. The van der Waals surface area contributed by atoms with Gasteiger partial charge in [-0.3, -0.25) is 9.78 Å². The molecule has 0 aliphatic carbocycles. The minimum atomic E-state index is -5.08. The average Bonchev–Trinajstić information content (AvgIpc) is 3.34. The van der Waals surface area contributed by atoms with Crippen LogP contribution in [-0.2, 0) is 11.2 Å². The molecule has 4 heterocycles. The van der Waals surface area contributed by atoms with Gasteiger partial charge in [0.25, 0.3) is 5.91 Å².